The third-order valence-corrected chi connectivity index (χ3v) is 4.02. The molecule has 0 aliphatic carbocycles. The van der Waals surface area contributed by atoms with E-state index in [1.807, 2.05) is 0 Å². The Kier molecular flexibility index (Phi) is 3.91. The molecule has 1 aromatic carbocycles. The number of benzene rings is 1. The number of aromatic nitrogens is 6. The fourth-order valence-electron chi connectivity index (χ4n) is 2.78. The summed E-state index contributed by atoms with van der Waals surface area (Å²) in [5, 5.41) is 8.40. The van der Waals surface area contributed by atoms with Crippen LogP contribution in [-0.2, 0) is 12.7 Å². The fraction of sp³-hybridized carbons (Fsp3) is 0.125. The summed E-state index contributed by atoms with van der Waals surface area (Å²) in [6, 6.07) is 3.61. The van der Waals surface area contributed by atoms with Crippen molar-refractivity contribution in [3.63, 3.8) is 0 Å². The van der Waals surface area contributed by atoms with E-state index in [4.69, 9.17) is 11.5 Å². The summed E-state index contributed by atoms with van der Waals surface area (Å²) in [5.41, 5.74) is 10.4. The van der Waals surface area contributed by atoms with Crippen molar-refractivity contribution in [3.05, 3.63) is 53.7 Å². The minimum Gasteiger partial charge on any atom is -0.398 e. The highest BCUT2D eigenvalue weighted by atomic mass is 19.4. The zero-order valence-corrected chi connectivity index (χ0v) is 14.0. The summed E-state index contributed by atoms with van der Waals surface area (Å²) < 4.78 is 55.1. The molecule has 0 bridgehead atoms. The normalized spacial score (nSPS) is 12.0. The maximum atomic E-state index is 13.3. The lowest BCUT2D eigenvalue weighted by atomic mass is 10.1. The molecule has 0 aliphatic rings. The Hall–Kier alpha value is -3.70. The van der Waals surface area contributed by atoms with E-state index in [1.165, 1.54) is 27.7 Å². The van der Waals surface area contributed by atoms with E-state index in [0.717, 1.165) is 18.5 Å². The van der Waals surface area contributed by atoms with E-state index in [0.29, 0.717) is 10.9 Å². The highest BCUT2D eigenvalue weighted by molar-refractivity contribution is 5.83. The number of nitrogens with zero attached hydrogens (tertiary/aromatic N) is 6. The largest absolute Gasteiger partial charge is 0.418 e. The summed E-state index contributed by atoms with van der Waals surface area (Å²) in [6.07, 6.45) is -1.06. The topological polar surface area (TPSA) is 113 Å². The predicted molar refractivity (Wildman–Crippen MR) is 91.8 cm³/mol. The molecule has 0 fully saturated rings. The molecule has 8 nitrogen and oxygen atoms in total. The lowest BCUT2D eigenvalue weighted by Gasteiger charge is -2.12. The first-order valence-electron chi connectivity index (χ1n) is 7.87. The van der Waals surface area contributed by atoms with Crippen LogP contribution in [0.3, 0.4) is 0 Å². The first kappa shape index (κ1) is 17.7. The molecule has 0 saturated heterocycles. The smallest absolute Gasteiger partial charge is 0.398 e. The minimum atomic E-state index is -4.57. The Labute approximate surface area is 154 Å². The van der Waals surface area contributed by atoms with Gasteiger partial charge in [-0.3, -0.25) is 0 Å². The molecule has 0 aliphatic heterocycles. The van der Waals surface area contributed by atoms with Crippen molar-refractivity contribution in [3.8, 4) is 5.82 Å². The Morgan fingerprint density at radius 1 is 1.04 bits per heavy atom. The highest BCUT2D eigenvalue weighted by Crippen LogP contribution is 2.34. The van der Waals surface area contributed by atoms with Crippen molar-refractivity contribution < 1.29 is 17.6 Å². The average Bonchev–Trinajstić information content (AvgIpc) is 3.22. The Bertz CT molecular complexity index is 1180. The SMILES string of the molecule is Nc1nc(-n2cc(F)cn2)c2cnn(Cc3ccc(N)c(C(F)(F)F)c3)c2n1. The van der Waals surface area contributed by atoms with Gasteiger partial charge >= 0.3 is 6.18 Å². The van der Waals surface area contributed by atoms with Gasteiger partial charge in [0, 0.05) is 5.69 Å². The quantitative estimate of drug-likeness (QED) is 0.409. The van der Waals surface area contributed by atoms with E-state index >= 15 is 0 Å². The molecule has 0 radical (unpaired) electrons. The Morgan fingerprint density at radius 2 is 1.82 bits per heavy atom. The molecule has 0 saturated carbocycles. The number of anilines is 2. The van der Waals surface area contributed by atoms with Crippen LogP contribution < -0.4 is 11.5 Å². The first-order valence-corrected chi connectivity index (χ1v) is 7.87. The zero-order chi connectivity index (χ0) is 20.1. The molecular formula is C16H12F4N8. The molecular weight excluding hydrogens is 380 g/mol. The molecule has 0 spiro atoms. The van der Waals surface area contributed by atoms with Crippen LogP contribution in [0.1, 0.15) is 11.1 Å². The molecule has 28 heavy (non-hydrogen) atoms. The maximum Gasteiger partial charge on any atom is 0.418 e. The Morgan fingerprint density at radius 3 is 2.50 bits per heavy atom. The van der Waals surface area contributed by atoms with Crippen molar-refractivity contribution >= 4 is 22.7 Å². The van der Waals surface area contributed by atoms with Crippen LogP contribution >= 0.6 is 0 Å². The van der Waals surface area contributed by atoms with Gasteiger partial charge in [0.1, 0.15) is 0 Å². The summed E-state index contributed by atoms with van der Waals surface area (Å²) in [6.45, 7) is -0.0176. The van der Waals surface area contributed by atoms with E-state index in [-0.39, 0.29) is 29.6 Å². The second-order valence-electron chi connectivity index (χ2n) is 5.97. The van der Waals surface area contributed by atoms with Crippen LogP contribution in [0.4, 0.5) is 29.2 Å². The van der Waals surface area contributed by atoms with Crippen LogP contribution in [0.2, 0.25) is 0 Å². The average molecular weight is 392 g/mol. The van der Waals surface area contributed by atoms with Crippen molar-refractivity contribution in [2.24, 2.45) is 0 Å². The number of halogens is 4. The van der Waals surface area contributed by atoms with Gasteiger partial charge in [-0.1, -0.05) is 6.07 Å². The summed E-state index contributed by atoms with van der Waals surface area (Å²) in [7, 11) is 0. The lowest BCUT2D eigenvalue weighted by Crippen LogP contribution is -2.11. The Balaban J connectivity index is 1.78. The van der Waals surface area contributed by atoms with Gasteiger partial charge in [0.15, 0.2) is 17.3 Å². The van der Waals surface area contributed by atoms with E-state index in [9.17, 15) is 17.6 Å². The van der Waals surface area contributed by atoms with Gasteiger partial charge < -0.3 is 11.5 Å². The molecule has 144 valence electrons. The standard InChI is InChI=1S/C16H12F4N8/c17-9-4-23-28(7-9)14-10-5-24-27(13(10)25-15(22)26-14)6-8-1-2-12(21)11(3-8)16(18,19)20/h1-5,7H,6,21H2,(H2,22,25,26). The number of hydrogen-bond acceptors (Lipinski definition) is 6. The van der Waals surface area contributed by atoms with Gasteiger partial charge in [0.05, 0.1) is 36.1 Å². The summed E-state index contributed by atoms with van der Waals surface area (Å²) in [5.74, 6) is -0.487. The summed E-state index contributed by atoms with van der Waals surface area (Å²) in [4.78, 5) is 8.14. The van der Waals surface area contributed by atoms with Crippen LogP contribution in [0.15, 0.2) is 36.8 Å². The number of rotatable bonds is 3. The number of nitrogens with two attached hydrogens (primary N) is 2. The van der Waals surface area contributed by atoms with E-state index in [2.05, 4.69) is 20.2 Å². The maximum absolute atomic E-state index is 13.3. The van der Waals surface area contributed by atoms with Gasteiger partial charge in [-0.05, 0) is 17.7 Å². The molecule has 4 N–H and O–H groups in total. The fourth-order valence-corrected chi connectivity index (χ4v) is 2.78. The van der Waals surface area contributed by atoms with Crippen molar-refractivity contribution in [2.45, 2.75) is 12.7 Å². The number of nitrogen functional groups attached to an aromatic ring is 2. The molecule has 12 heteroatoms. The van der Waals surface area contributed by atoms with Crippen LogP contribution in [0.5, 0.6) is 0 Å². The van der Waals surface area contributed by atoms with Crippen LogP contribution in [0.25, 0.3) is 16.9 Å². The van der Waals surface area contributed by atoms with Crippen LogP contribution in [-0.4, -0.2) is 29.5 Å². The minimum absolute atomic E-state index is 0.0176. The van der Waals surface area contributed by atoms with Crippen molar-refractivity contribution in [1.29, 1.82) is 0 Å². The molecule has 0 atom stereocenters. The molecule has 4 aromatic rings. The third kappa shape index (κ3) is 3.08. The molecule has 3 heterocycles. The number of fused-ring (bicyclic) bond motifs is 1. The van der Waals surface area contributed by atoms with Crippen molar-refractivity contribution in [1.82, 2.24) is 29.5 Å². The third-order valence-electron chi connectivity index (χ3n) is 4.02. The lowest BCUT2D eigenvalue weighted by molar-refractivity contribution is -0.136. The first-order chi connectivity index (χ1) is 13.2. The van der Waals surface area contributed by atoms with E-state index in [1.54, 1.807) is 0 Å². The second kappa shape index (κ2) is 6.18. The van der Waals surface area contributed by atoms with Crippen molar-refractivity contribution in [2.75, 3.05) is 11.5 Å². The number of alkyl halides is 3. The molecule has 4 rings (SSSR count). The van der Waals surface area contributed by atoms with E-state index < -0.39 is 17.6 Å². The van der Waals surface area contributed by atoms with Gasteiger partial charge in [-0.15, -0.1) is 0 Å². The van der Waals surface area contributed by atoms with Gasteiger partial charge in [0.25, 0.3) is 0 Å². The molecule has 0 amide bonds. The monoisotopic (exact) mass is 392 g/mol. The van der Waals surface area contributed by atoms with Gasteiger partial charge in [-0.25, -0.2) is 13.8 Å². The molecule has 3 aromatic heterocycles. The predicted octanol–water partition coefficient (Wildman–Crippen LogP) is 2.38. The van der Waals surface area contributed by atoms with Gasteiger partial charge in [0.2, 0.25) is 5.95 Å². The molecule has 0 unspecified atom stereocenters. The van der Waals surface area contributed by atoms with Gasteiger partial charge in [-0.2, -0.15) is 33.3 Å². The summed E-state index contributed by atoms with van der Waals surface area (Å²) >= 11 is 0. The van der Waals surface area contributed by atoms with Crippen LogP contribution in [0, 0.1) is 5.82 Å². The zero-order valence-electron chi connectivity index (χ0n) is 14.0. The number of hydrogen-bond donors (Lipinski definition) is 2. The highest BCUT2D eigenvalue weighted by Gasteiger charge is 2.33. The second-order valence-corrected chi connectivity index (χ2v) is 5.97.